The van der Waals surface area contributed by atoms with Gasteiger partial charge >= 0.3 is 11.9 Å². The van der Waals surface area contributed by atoms with E-state index in [0.717, 1.165) is 36.6 Å². The summed E-state index contributed by atoms with van der Waals surface area (Å²) in [5, 5.41) is 5.81. The van der Waals surface area contributed by atoms with Crippen LogP contribution in [0.25, 0.3) is 10.9 Å². The predicted molar refractivity (Wildman–Crippen MR) is 168 cm³/mol. The number of carbonyl (C=O) groups is 1. The molecule has 2 fully saturated rings. The van der Waals surface area contributed by atoms with Crippen molar-refractivity contribution >= 4 is 50.8 Å². The van der Waals surface area contributed by atoms with E-state index in [4.69, 9.17) is 23.2 Å². The summed E-state index contributed by atoms with van der Waals surface area (Å²) in [6.07, 6.45) is -2.00. The monoisotopic (exact) mass is 687 g/mol. The minimum atomic E-state index is -4.85. The van der Waals surface area contributed by atoms with Crippen LogP contribution < -0.4 is 21.9 Å². The molecular formula is C30H34Cl2F3N5O4S. The van der Waals surface area contributed by atoms with Crippen LogP contribution in [0.15, 0.2) is 38.8 Å². The number of carbonyl (C=O) groups excluding carboxylic acids is 1. The van der Waals surface area contributed by atoms with Crippen molar-refractivity contribution in [1.82, 2.24) is 25.1 Å². The van der Waals surface area contributed by atoms with E-state index in [1.807, 2.05) is 0 Å². The summed E-state index contributed by atoms with van der Waals surface area (Å²) in [6.45, 7) is 3.52. The minimum absolute atomic E-state index is 0.0391. The highest BCUT2D eigenvalue weighted by atomic mass is 35.5. The number of hydrogen-bond acceptors (Lipinski definition) is 6. The Bertz CT molecular complexity index is 1740. The van der Waals surface area contributed by atoms with E-state index in [1.165, 1.54) is 18.2 Å². The maximum absolute atomic E-state index is 14.5. The lowest BCUT2D eigenvalue weighted by Gasteiger charge is -2.35. The van der Waals surface area contributed by atoms with E-state index in [-0.39, 0.29) is 57.8 Å². The molecule has 2 atom stereocenters. The molecule has 2 saturated heterocycles. The first-order chi connectivity index (χ1) is 21.4. The summed E-state index contributed by atoms with van der Waals surface area (Å²) in [4.78, 5) is 44.2. The van der Waals surface area contributed by atoms with Crippen LogP contribution in [0.1, 0.15) is 49.3 Å². The molecule has 3 heterocycles. The lowest BCUT2D eigenvalue weighted by Crippen LogP contribution is -2.50. The highest BCUT2D eigenvalue weighted by Crippen LogP contribution is 2.39. The molecule has 45 heavy (non-hydrogen) atoms. The Labute approximate surface area is 269 Å². The molecule has 5 rings (SSSR count). The van der Waals surface area contributed by atoms with Gasteiger partial charge in [-0.15, -0.1) is 0 Å². The minimum Gasteiger partial charge on any atom is -0.352 e. The van der Waals surface area contributed by atoms with Crippen molar-refractivity contribution in [2.24, 2.45) is 5.92 Å². The van der Waals surface area contributed by atoms with Gasteiger partial charge in [0.15, 0.2) is 0 Å². The van der Waals surface area contributed by atoms with E-state index >= 15 is 0 Å². The molecule has 0 saturated carbocycles. The van der Waals surface area contributed by atoms with Crippen LogP contribution in [0.4, 0.5) is 13.2 Å². The van der Waals surface area contributed by atoms with E-state index in [0.29, 0.717) is 36.4 Å². The van der Waals surface area contributed by atoms with Gasteiger partial charge in [-0.25, -0.2) is 4.79 Å². The number of fused-ring (bicyclic) bond motifs is 1. The average Bonchev–Trinajstić information content (AvgIpc) is 3.00. The van der Waals surface area contributed by atoms with Gasteiger partial charge in [0.2, 0.25) is 5.91 Å². The number of benzene rings is 2. The summed E-state index contributed by atoms with van der Waals surface area (Å²) < 4.78 is 56.8. The number of halogens is 5. The molecule has 0 radical (unpaired) electrons. The molecule has 0 bridgehead atoms. The number of aromatic amines is 1. The first kappa shape index (κ1) is 33.6. The highest BCUT2D eigenvalue weighted by Gasteiger charge is 2.37. The van der Waals surface area contributed by atoms with Gasteiger partial charge in [0.05, 0.1) is 38.8 Å². The standard InChI is InChI=1S/C30H34Cl2F3N5O4S/c1-2-45(44)24-6-5-19(31)12-18(24)14-40-28(42)21-13-23(30(33,34)35)22(25(32)26(21)38-29(40)43)16-39-11-3-4-20(15-39)37-27(41)17-7-9-36-10-8-17/h5-6,12-13,17,20,36H,2-4,7-11,14-16H2,1H3,(H,37,41)(H,38,43)/t20-,45?/m1/s1. The van der Waals surface area contributed by atoms with Gasteiger partial charge in [-0.1, -0.05) is 30.1 Å². The second-order valence-electron chi connectivity index (χ2n) is 11.5. The number of alkyl halides is 3. The molecule has 3 N–H and O–H groups in total. The maximum Gasteiger partial charge on any atom is 0.416 e. The van der Waals surface area contributed by atoms with Gasteiger partial charge in [-0.05, 0) is 80.7 Å². The van der Waals surface area contributed by atoms with Crippen molar-refractivity contribution in [3.8, 4) is 0 Å². The van der Waals surface area contributed by atoms with Crippen LogP contribution in [0.3, 0.4) is 0 Å². The maximum atomic E-state index is 14.5. The van der Waals surface area contributed by atoms with Crippen molar-refractivity contribution in [3.05, 3.63) is 71.8 Å². The normalized spacial score (nSPS) is 19.1. The van der Waals surface area contributed by atoms with Crippen LogP contribution in [0.5, 0.6) is 0 Å². The zero-order valence-corrected chi connectivity index (χ0v) is 26.9. The molecule has 9 nitrogen and oxygen atoms in total. The topological polar surface area (TPSA) is 116 Å². The molecule has 15 heteroatoms. The quantitative estimate of drug-likeness (QED) is 0.326. The van der Waals surface area contributed by atoms with Crippen LogP contribution in [0, 0.1) is 5.92 Å². The smallest absolute Gasteiger partial charge is 0.352 e. The van der Waals surface area contributed by atoms with E-state index in [1.54, 1.807) is 11.8 Å². The fourth-order valence-corrected chi connectivity index (χ4v) is 7.56. The highest BCUT2D eigenvalue weighted by molar-refractivity contribution is 7.85. The molecular weight excluding hydrogens is 654 g/mol. The average molecular weight is 689 g/mol. The zero-order chi connectivity index (χ0) is 32.5. The number of nitrogens with one attached hydrogen (secondary N) is 3. The summed E-state index contributed by atoms with van der Waals surface area (Å²) in [5.41, 5.74) is -3.05. The largest absolute Gasteiger partial charge is 0.416 e. The number of likely N-dealkylation sites (tertiary alicyclic amines) is 1. The number of hydrogen-bond donors (Lipinski definition) is 3. The molecule has 3 aromatic rings. The summed E-state index contributed by atoms with van der Waals surface area (Å²) in [7, 11) is -1.44. The lowest BCUT2D eigenvalue weighted by atomic mass is 9.96. The zero-order valence-electron chi connectivity index (χ0n) is 24.6. The molecule has 244 valence electrons. The molecule has 1 amide bonds. The van der Waals surface area contributed by atoms with Gasteiger partial charge in [-0.2, -0.15) is 13.2 Å². The molecule has 2 aliphatic rings. The van der Waals surface area contributed by atoms with Gasteiger partial charge < -0.3 is 15.6 Å². The van der Waals surface area contributed by atoms with Crippen molar-refractivity contribution in [1.29, 1.82) is 0 Å². The van der Waals surface area contributed by atoms with Crippen molar-refractivity contribution in [2.45, 2.75) is 62.8 Å². The van der Waals surface area contributed by atoms with Gasteiger partial charge in [0.25, 0.3) is 5.56 Å². The van der Waals surface area contributed by atoms with Gasteiger partial charge in [-0.3, -0.25) is 23.3 Å². The summed E-state index contributed by atoms with van der Waals surface area (Å²) in [6, 6.07) is 5.05. The van der Waals surface area contributed by atoms with Crippen LogP contribution >= 0.6 is 23.2 Å². The number of H-pyrrole nitrogens is 1. The molecule has 2 aromatic carbocycles. The van der Waals surface area contributed by atoms with Gasteiger partial charge in [0.1, 0.15) is 0 Å². The lowest BCUT2D eigenvalue weighted by molar-refractivity contribution is -0.138. The van der Waals surface area contributed by atoms with Crippen LogP contribution in [0.2, 0.25) is 10.0 Å². The molecule has 0 spiro atoms. The van der Waals surface area contributed by atoms with Gasteiger partial charge in [0, 0.05) is 40.7 Å². The molecule has 1 aromatic heterocycles. The Morgan fingerprint density at radius 1 is 1.11 bits per heavy atom. The van der Waals surface area contributed by atoms with Crippen LogP contribution in [-0.4, -0.2) is 62.5 Å². The van der Waals surface area contributed by atoms with Crippen molar-refractivity contribution < 1.29 is 22.2 Å². The summed E-state index contributed by atoms with van der Waals surface area (Å²) in [5.74, 6) is 0.143. The van der Waals surface area contributed by atoms with Crippen molar-refractivity contribution in [2.75, 3.05) is 31.9 Å². The Morgan fingerprint density at radius 3 is 2.53 bits per heavy atom. The van der Waals surface area contributed by atoms with E-state index < -0.39 is 39.2 Å². The first-order valence-corrected chi connectivity index (χ1v) is 16.9. The number of rotatable bonds is 8. The second-order valence-corrected chi connectivity index (χ2v) is 14.0. The number of nitrogens with zero attached hydrogens (tertiary/aromatic N) is 2. The molecule has 1 unspecified atom stereocenters. The Kier molecular flexibility index (Phi) is 10.4. The first-order valence-electron chi connectivity index (χ1n) is 14.8. The third kappa shape index (κ3) is 7.48. The predicted octanol–water partition coefficient (Wildman–Crippen LogP) is 4.27. The van der Waals surface area contributed by atoms with Crippen molar-refractivity contribution in [3.63, 3.8) is 0 Å². The van der Waals surface area contributed by atoms with E-state index in [2.05, 4.69) is 15.6 Å². The Morgan fingerprint density at radius 2 is 1.84 bits per heavy atom. The Balaban J connectivity index is 1.48. The number of piperidine rings is 2. The molecule has 0 aliphatic carbocycles. The number of amides is 1. The number of aromatic nitrogens is 2. The fourth-order valence-electron chi connectivity index (χ4n) is 6.11. The third-order valence-corrected chi connectivity index (χ3v) is 10.5. The van der Waals surface area contributed by atoms with Crippen LogP contribution in [-0.2, 0) is 34.9 Å². The molecule has 2 aliphatic heterocycles. The van der Waals surface area contributed by atoms with E-state index in [9.17, 15) is 31.8 Å². The second kappa shape index (κ2) is 14.0. The Hall–Kier alpha value is -2.71. The third-order valence-electron chi connectivity index (χ3n) is 8.43. The summed E-state index contributed by atoms with van der Waals surface area (Å²) >= 11 is 12.7. The SMILES string of the molecule is CCS(=O)c1ccc(Cl)cc1Cn1c(=O)[nH]c2c(Cl)c(CN3CCC[C@@H](NC(=O)C4CCNCC4)C3)c(C(F)(F)F)cc2c1=O. The fraction of sp³-hybridized carbons (Fsp3) is 0.500.